The number of carbonyl (C=O) groups is 1. The van der Waals surface area contributed by atoms with Gasteiger partial charge in [-0.15, -0.1) is 0 Å². The largest absolute Gasteiger partial charge is 0.393 e. The maximum Gasteiger partial charge on any atom is 0.315 e. The molecule has 4 nitrogen and oxygen atoms in total. The second-order valence-corrected chi connectivity index (χ2v) is 8.56. The Morgan fingerprint density at radius 2 is 1.62 bits per heavy atom. The first-order chi connectivity index (χ1) is 11.6. The van der Waals surface area contributed by atoms with Crippen molar-refractivity contribution in [2.75, 3.05) is 13.2 Å². The molecule has 4 aliphatic carbocycles. The van der Waals surface area contributed by atoms with E-state index in [1.54, 1.807) is 0 Å². The lowest BCUT2D eigenvalue weighted by Gasteiger charge is -2.56. The fourth-order valence-corrected chi connectivity index (χ4v) is 5.69. The number of alkyl halides is 1. The van der Waals surface area contributed by atoms with Gasteiger partial charge >= 0.3 is 6.03 Å². The minimum absolute atomic E-state index is 0.000975. The summed E-state index contributed by atoms with van der Waals surface area (Å²) >= 11 is 0. The van der Waals surface area contributed by atoms with Crippen LogP contribution in [0.25, 0.3) is 0 Å². The maximum absolute atomic E-state index is 12.9. The molecule has 0 aromatic heterocycles. The van der Waals surface area contributed by atoms with Gasteiger partial charge in [-0.1, -0.05) is 19.3 Å². The first kappa shape index (κ1) is 18.0. The average Bonchev–Trinajstić information content (AvgIpc) is 2.51. The van der Waals surface area contributed by atoms with E-state index in [0.717, 1.165) is 43.4 Å². The molecule has 4 rings (SSSR count). The minimum atomic E-state index is -1.07. The molecule has 0 aliphatic heterocycles. The second-order valence-electron chi connectivity index (χ2n) is 8.56. The number of carbonyl (C=O) groups excluding carboxylic acids is 1. The van der Waals surface area contributed by atoms with Gasteiger partial charge in [-0.25, -0.2) is 9.18 Å². The van der Waals surface area contributed by atoms with Crippen LogP contribution in [0.1, 0.15) is 70.6 Å². The van der Waals surface area contributed by atoms with Gasteiger partial charge in [0.1, 0.15) is 6.17 Å². The molecule has 0 aromatic rings. The standard InChI is InChI=1S/C19H33FN2O2/c20-17(13-23)5-3-1-2-4-6-21-18(24)22-19-10-14-7-15(11-19)9-16(8-14)12-19/h14-17,23H,1-13H2,(H2,21,22,24). The summed E-state index contributed by atoms with van der Waals surface area (Å²) in [6.45, 7) is 0.323. The third-order valence-electron chi connectivity index (χ3n) is 6.34. The van der Waals surface area contributed by atoms with E-state index in [9.17, 15) is 9.18 Å². The molecule has 0 spiro atoms. The molecular weight excluding hydrogens is 307 g/mol. The fraction of sp³-hybridized carbons (Fsp3) is 0.947. The van der Waals surface area contributed by atoms with Crippen LogP contribution in [0.3, 0.4) is 0 Å². The molecule has 3 N–H and O–H groups in total. The van der Waals surface area contributed by atoms with Crippen molar-refractivity contribution >= 4 is 6.03 Å². The molecule has 4 bridgehead atoms. The molecule has 4 saturated carbocycles. The van der Waals surface area contributed by atoms with Crippen LogP contribution in [-0.4, -0.2) is 36.0 Å². The van der Waals surface area contributed by atoms with Gasteiger partial charge in [-0.2, -0.15) is 0 Å². The zero-order chi connectivity index (χ0) is 17.0. The molecule has 1 atom stereocenters. The molecule has 0 heterocycles. The van der Waals surface area contributed by atoms with Crippen molar-refractivity contribution in [3.05, 3.63) is 0 Å². The molecule has 24 heavy (non-hydrogen) atoms. The van der Waals surface area contributed by atoms with Crippen molar-refractivity contribution in [1.29, 1.82) is 0 Å². The second kappa shape index (κ2) is 8.03. The van der Waals surface area contributed by atoms with Gasteiger partial charge in [-0.3, -0.25) is 0 Å². The molecule has 0 aromatic carbocycles. The van der Waals surface area contributed by atoms with Gasteiger partial charge in [0.15, 0.2) is 0 Å². The highest BCUT2D eigenvalue weighted by Gasteiger charge is 2.51. The number of rotatable bonds is 9. The van der Waals surface area contributed by atoms with Crippen LogP contribution < -0.4 is 10.6 Å². The van der Waals surface area contributed by atoms with Gasteiger partial charge < -0.3 is 15.7 Å². The molecule has 0 saturated heterocycles. The average molecular weight is 340 g/mol. The number of hydrogen-bond donors (Lipinski definition) is 3. The number of unbranched alkanes of at least 4 members (excludes halogenated alkanes) is 3. The molecule has 2 amide bonds. The van der Waals surface area contributed by atoms with E-state index in [0.29, 0.717) is 13.0 Å². The summed E-state index contributed by atoms with van der Waals surface area (Å²) in [4.78, 5) is 12.2. The number of hydrogen-bond acceptors (Lipinski definition) is 2. The smallest absolute Gasteiger partial charge is 0.315 e. The third kappa shape index (κ3) is 4.62. The van der Waals surface area contributed by atoms with Crippen molar-refractivity contribution in [2.24, 2.45) is 17.8 Å². The summed E-state index contributed by atoms with van der Waals surface area (Å²) in [6, 6.07) is 0.000975. The van der Waals surface area contributed by atoms with Crippen molar-refractivity contribution < 1.29 is 14.3 Å². The van der Waals surface area contributed by atoms with Crippen molar-refractivity contribution in [3.63, 3.8) is 0 Å². The maximum atomic E-state index is 12.9. The molecule has 4 fully saturated rings. The summed E-state index contributed by atoms with van der Waals surface area (Å²) in [6.07, 6.45) is 10.8. The topological polar surface area (TPSA) is 61.4 Å². The monoisotopic (exact) mass is 340 g/mol. The lowest BCUT2D eigenvalue weighted by atomic mass is 9.53. The quantitative estimate of drug-likeness (QED) is 0.562. The number of urea groups is 1. The van der Waals surface area contributed by atoms with Gasteiger partial charge in [0.05, 0.1) is 6.61 Å². The van der Waals surface area contributed by atoms with Crippen LogP contribution in [0.4, 0.5) is 9.18 Å². The van der Waals surface area contributed by atoms with Crippen molar-refractivity contribution in [3.8, 4) is 0 Å². The van der Waals surface area contributed by atoms with Gasteiger partial charge in [0, 0.05) is 12.1 Å². The van der Waals surface area contributed by atoms with E-state index < -0.39 is 6.17 Å². The van der Waals surface area contributed by atoms with E-state index in [-0.39, 0.29) is 18.2 Å². The summed E-state index contributed by atoms with van der Waals surface area (Å²) < 4.78 is 12.9. The van der Waals surface area contributed by atoms with Gasteiger partial charge in [0.2, 0.25) is 0 Å². The molecular formula is C19H33FN2O2. The first-order valence-electron chi connectivity index (χ1n) is 9.89. The number of aliphatic hydroxyl groups is 1. The highest BCUT2D eigenvalue weighted by Crippen LogP contribution is 2.55. The highest BCUT2D eigenvalue weighted by molar-refractivity contribution is 5.74. The Kier molecular flexibility index (Phi) is 6.01. The van der Waals surface area contributed by atoms with Crippen molar-refractivity contribution in [2.45, 2.75) is 82.3 Å². The van der Waals surface area contributed by atoms with E-state index >= 15 is 0 Å². The van der Waals surface area contributed by atoms with E-state index in [1.165, 1.54) is 38.5 Å². The van der Waals surface area contributed by atoms with E-state index in [1.807, 2.05) is 0 Å². The Morgan fingerprint density at radius 3 is 2.21 bits per heavy atom. The number of amides is 2. The molecule has 4 aliphatic rings. The zero-order valence-corrected chi connectivity index (χ0v) is 14.7. The van der Waals surface area contributed by atoms with Crippen LogP contribution in [0.2, 0.25) is 0 Å². The van der Waals surface area contributed by atoms with Crippen LogP contribution in [-0.2, 0) is 0 Å². The normalized spacial score (nSPS) is 35.0. The van der Waals surface area contributed by atoms with Crippen LogP contribution in [0.15, 0.2) is 0 Å². The van der Waals surface area contributed by atoms with Crippen molar-refractivity contribution in [1.82, 2.24) is 10.6 Å². The Morgan fingerprint density at radius 1 is 1.04 bits per heavy atom. The number of halogens is 1. The molecule has 1 unspecified atom stereocenters. The van der Waals surface area contributed by atoms with E-state index in [4.69, 9.17) is 5.11 Å². The van der Waals surface area contributed by atoms with Gasteiger partial charge in [-0.05, 0) is 69.1 Å². The Balaban J connectivity index is 1.28. The summed E-state index contributed by atoms with van der Waals surface area (Å²) in [7, 11) is 0. The lowest BCUT2D eigenvalue weighted by Crippen LogP contribution is -2.61. The summed E-state index contributed by atoms with van der Waals surface area (Å²) in [5.41, 5.74) is 0.0826. The molecule has 0 radical (unpaired) electrons. The molecule has 138 valence electrons. The Hall–Kier alpha value is -0.840. The lowest BCUT2D eigenvalue weighted by molar-refractivity contribution is -0.0135. The predicted molar refractivity (Wildman–Crippen MR) is 92.5 cm³/mol. The zero-order valence-electron chi connectivity index (χ0n) is 14.7. The third-order valence-corrected chi connectivity index (χ3v) is 6.34. The number of nitrogens with one attached hydrogen (secondary N) is 2. The first-order valence-corrected chi connectivity index (χ1v) is 9.89. The van der Waals surface area contributed by atoms with E-state index in [2.05, 4.69) is 10.6 Å². The van der Waals surface area contributed by atoms with Crippen LogP contribution >= 0.6 is 0 Å². The minimum Gasteiger partial charge on any atom is -0.393 e. The molecule has 5 heteroatoms. The van der Waals surface area contributed by atoms with Crippen LogP contribution in [0.5, 0.6) is 0 Å². The Labute approximate surface area is 145 Å². The SMILES string of the molecule is O=C(NCCCCCCC(F)CO)NC12CC3CC(CC(C3)C1)C2. The summed E-state index contributed by atoms with van der Waals surface area (Å²) in [5, 5.41) is 14.9. The van der Waals surface area contributed by atoms with Crippen LogP contribution in [0, 0.1) is 17.8 Å². The fourth-order valence-electron chi connectivity index (χ4n) is 5.69. The summed E-state index contributed by atoms with van der Waals surface area (Å²) in [5.74, 6) is 2.53. The number of aliphatic hydroxyl groups excluding tert-OH is 1. The highest BCUT2D eigenvalue weighted by atomic mass is 19.1. The predicted octanol–water partition coefficient (Wildman–Crippen LogP) is 3.54. The van der Waals surface area contributed by atoms with Gasteiger partial charge in [0.25, 0.3) is 0 Å². The Bertz CT molecular complexity index is 394.